The lowest BCUT2D eigenvalue weighted by Gasteiger charge is -2.24. The Labute approximate surface area is 117 Å². The maximum atomic E-state index is 11.3. The average molecular weight is 277 g/mol. The molecule has 6 nitrogen and oxygen atoms in total. The molecule has 6 heteroatoms. The van der Waals surface area contributed by atoms with E-state index in [-0.39, 0.29) is 24.7 Å². The fraction of sp³-hybridized carbons (Fsp3) is 0.500. The van der Waals surface area contributed by atoms with Crippen LogP contribution < -0.4 is 21.1 Å². The quantitative estimate of drug-likeness (QED) is 0.730. The third-order valence-corrected chi connectivity index (χ3v) is 3.69. The Morgan fingerprint density at radius 2 is 2.35 bits per heavy atom. The Morgan fingerprint density at radius 3 is 3.10 bits per heavy atom. The van der Waals surface area contributed by atoms with Gasteiger partial charge in [-0.1, -0.05) is 0 Å². The van der Waals surface area contributed by atoms with Gasteiger partial charge in [-0.15, -0.1) is 0 Å². The van der Waals surface area contributed by atoms with Crippen LogP contribution in [0.3, 0.4) is 0 Å². The lowest BCUT2D eigenvalue weighted by atomic mass is 10.1. The molecular formula is C14H19N3O3. The summed E-state index contributed by atoms with van der Waals surface area (Å²) in [5.74, 6) is 0.456. The van der Waals surface area contributed by atoms with E-state index in [1.807, 2.05) is 6.07 Å². The minimum absolute atomic E-state index is 0.0333. The minimum Gasteiger partial charge on any atom is -0.482 e. The summed E-state index contributed by atoms with van der Waals surface area (Å²) in [5, 5.41) is 6.14. The van der Waals surface area contributed by atoms with Crippen LogP contribution in [0.1, 0.15) is 19.8 Å². The van der Waals surface area contributed by atoms with Crippen LogP contribution in [0, 0.1) is 0 Å². The Kier molecular flexibility index (Phi) is 3.40. The van der Waals surface area contributed by atoms with Gasteiger partial charge < -0.3 is 25.8 Å². The van der Waals surface area contributed by atoms with E-state index in [0.29, 0.717) is 17.1 Å². The summed E-state index contributed by atoms with van der Waals surface area (Å²) in [6.45, 7) is 2.93. The summed E-state index contributed by atoms with van der Waals surface area (Å²) in [5.41, 5.74) is 8.07. The maximum absolute atomic E-state index is 11.3. The molecule has 0 spiro atoms. The summed E-state index contributed by atoms with van der Waals surface area (Å²) in [6, 6.07) is 3.71. The van der Waals surface area contributed by atoms with E-state index in [1.165, 1.54) is 0 Å². The molecule has 2 aliphatic heterocycles. The van der Waals surface area contributed by atoms with Crippen molar-refractivity contribution in [1.82, 2.24) is 0 Å². The van der Waals surface area contributed by atoms with Crippen molar-refractivity contribution < 1.29 is 14.3 Å². The van der Waals surface area contributed by atoms with Gasteiger partial charge in [0, 0.05) is 18.7 Å². The second-order valence-electron chi connectivity index (χ2n) is 5.26. The standard InChI is InChI=1S/C14H19N3O3/c1-8(12-3-2-4-19-12)16-10-6-11-13(5-9(10)15)20-7-14(18)17-11/h5-6,8,12,16H,2-4,7,15H2,1H3,(H,17,18). The molecule has 20 heavy (non-hydrogen) atoms. The third-order valence-electron chi connectivity index (χ3n) is 3.69. The molecule has 2 atom stereocenters. The first-order chi connectivity index (χ1) is 9.63. The molecule has 0 aliphatic carbocycles. The summed E-state index contributed by atoms with van der Waals surface area (Å²) < 4.78 is 11.0. The molecule has 1 aromatic carbocycles. The average Bonchev–Trinajstić information content (AvgIpc) is 2.94. The van der Waals surface area contributed by atoms with Crippen molar-refractivity contribution in [2.75, 3.05) is 29.6 Å². The Hall–Kier alpha value is -1.95. The number of hydrogen-bond donors (Lipinski definition) is 3. The van der Waals surface area contributed by atoms with Gasteiger partial charge >= 0.3 is 0 Å². The van der Waals surface area contributed by atoms with Crippen LogP contribution in [-0.2, 0) is 9.53 Å². The molecule has 4 N–H and O–H groups in total. The van der Waals surface area contributed by atoms with Crippen molar-refractivity contribution in [2.45, 2.75) is 31.9 Å². The van der Waals surface area contributed by atoms with Gasteiger partial charge in [0.15, 0.2) is 6.61 Å². The van der Waals surface area contributed by atoms with Gasteiger partial charge in [0.05, 0.1) is 23.2 Å². The van der Waals surface area contributed by atoms with E-state index in [9.17, 15) is 4.79 Å². The number of hydrogen-bond acceptors (Lipinski definition) is 5. The molecule has 2 aliphatic rings. The highest BCUT2D eigenvalue weighted by atomic mass is 16.5. The van der Waals surface area contributed by atoms with Crippen LogP contribution in [-0.4, -0.2) is 31.3 Å². The molecule has 0 aromatic heterocycles. The Bertz CT molecular complexity index is 527. The number of nitrogens with one attached hydrogen (secondary N) is 2. The highest BCUT2D eigenvalue weighted by molar-refractivity contribution is 5.97. The number of nitrogen functional groups attached to an aromatic ring is 1. The molecule has 1 saturated heterocycles. The van der Waals surface area contributed by atoms with Crippen molar-refractivity contribution >= 4 is 23.0 Å². The normalized spacial score (nSPS) is 22.6. The molecule has 2 unspecified atom stereocenters. The number of fused-ring (bicyclic) bond motifs is 1. The lowest BCUT2D eigenvalue weighted by molar-refractivity contribution is -0.118. The molecule has 2 heterocycles. The number of benzene rings is 1. The van der Waals surface area contributed by atoms with Gasteiger partial charge in [0.2, 0.25) is 0 Å². The number of carbonyl (C=O) groups excluding carboxylic acids is 1. The highest BCUT2D eigenvalue weighted by Gasteiger charge is 2.24. The third kappa shape index (κ3) is 2.51. The Balaban J connectivity index is 1.78. The smallest absolute Gasteiger partial charge is 0.262 e. The highest BCUT2D eigenvalue weighted by Crippen LogP contribution is 2.35. The number of amides is 1. The molecule has 0 bridgehead atoms. The van der Waals surface area contributed by atoms with E-state index in [1.54, 1.807) is 6.07 Å². The van der Waals surface area contributed by atoms with Crippen molar-refractivity contribution in [1.29, 1.82) is 0 Å². The van der Waals surface area contributed by atoms with E-state index >= 15 is 0 Å². The summed E-state index contributed by atoms with van der Waals surface area (Å²) >= 11 is 0. The monoisotopic (exact) mass is 277 g/mol. The molecule has 3 rings (SSSR count). The predicted molar refractivity (Wildman–Crippen MR) is 77.0 cm³/mol. The zero-order valence-corrected chi connectivity index (χ0v) is 11.4. The molecule has 1 fully saturated rings. The summed E-state index contributed by atoms with van der Waals surface area (Å²) in [4.78, 5) is 11.3. The number of carbonyl (C=O) groups is 1. The number of ether oxygens (including phenoxy) is 2. The van der Waals surface area contributed by atoms with Crippen LogP contribution >= 0.6 is 0 Å². The zero-order chi connectivity index (χ0) is 14.1. The van der Waals surface area contributed by atoms with Gasteiger partial charge in [-0.25, -0.2) is 0 Å². The Morgan fingerprint density at radius 1 is 1.50 bits per heavy atom. The van der Waals surface area contributed by atoms with Crippen molar-refractivity contribution in [2.24, 2.45) is 0 Å². The van der Waals surface area contributed by atoms with Crippen molar-refractivity contribution in [3.05, 3.63) is 12.1 Å². The van der Waals surface area contributed by atoms with Gasteiger partial charge in [0.25, 0.3) is 5.91 Å². The van der Waals surface area contributed by atoms with Gasteiger partial charge in [-0.3, -0.25) is 4.79 Å². The second-order valence-corrected chi connectivity index (χ2v) is 5.26. The maximum Gasteiger partial charge on any atom is 0.262 e. The van der Waals surface area contributed by atoms with Gasteiger partial charge in [-0.05, 0) is 25.8 Å². The van der Waals surface area contributed by atoms with E-state index < -0.39 is 0 Å². The van der Waals surface area contributed by atoms with Crippen LogP contribution in [0.4, 0.5) is 17.1 Å². The fourth-order valence-electron chi connectivity index (χ4n) is 2.60. The van der Waals surface area contributed by atoms with Crippen molar-refractivity contribution in [3.63, 3.8) is 0 Å². The molecule has 108 valence electrons. The van der Waals surface area contributed by atoms with E-state index in [0.717, 1.165) is 25.1 Å². The van der Waals surface area contributed by atoms with E-state index in [4.69, 9.17) is 15.2 Å². The largest absolute Gasteiger partial charge is 0.482 e. The first-order valence-corrected chi connectivity index (χ1v) is 6.88. The van der Waals surface area contributed by atoms with E-state index in [2.05, 4.69) is 17.6 Å². The summed E-state index contributed by atoms with van der Waals surface area (Å²) in [7, 11) is 0. The first-order valence-electron chi connectivity index (χ1n) is 6.88. The topological polar surface area (TPSA) is 85.6 Å². The first kappa shape index (κ1) is 13.1. The SMILES string of the molecule is CC(Nc1cc2c(cc1N)OCC(=O)N2)C1CCCO1. The van der Waals surface area contributed by atoms with Gasteiger partial charge in [0.1, 0.15) is 5.75 Å². The number of rotatable bonds is 3. The second kappa shape index (κ2) is 5.20. The van der Waals surface area contributed by atoms with Crippen LogP contribution in [0.15, 0.2) is 12.1 Å². The van der Waals surface area contributed by atoms with Crippen molar-refractivity contribution in [3.8, 4) is 5.75 Å². The minimum atomic E-state index is -0.152. The van der Waals surface area contributed by atoms with Crippen LogP contribution in [0.2, 0.25) is 0 Å². The van der Waals surface area contributed by atoms with Crippen LogP contribution in [0.25, 0.3) is 0 Å². The molecule has 1 amide bonds. The summed E-state index contributed by atoms with van der Waals surface area (Å²) in [6.07, 6.45) is 2.36. The zero-order valence-electron chi connectivity index (χ0n) is 11.4. The predicted octanol–water partition coefficient (Wildman–Crippen LogP) is 1.58. The molecule has 1 aromatic rings. The lowest BCUT2D eigenvalue weighted by Crippen LogP contribution is -2.30. The van der Waals surface area contributed by atoms with Gasteiger partial charge in [-0.2, -0.15) is 0 Å². The number of nitrogens with two attached hydrogens (primary N) is 1. The molecule has 0 saturated carbocycles. The fourth-order valence-corrected chi connectivity index (χ4v) is 2.60. The molecule has 0 radical (unpaired) electrons. The molecular weight excluding hydrogens is 258 g/mol. The van der Waals surface area contributed by atoms with Crippen LogP contribution in [0.5, 0.6) is 5.75 Å². The number of anilines is 3.